The first-order chi connectivity index (χ1) is 31.8. The number of sulfone groups is 2. The largest absolute Gasteiger partial charge is 0.383 e. The lowest BCUT2D eigenvalue weighted by molar-refractivity contribution is 0.101. The summed E-state index contributed by atoms with van der Waals surface area (Å²) in [6.07, 6.45) is 9.04. The predicted octanol–water partition coefficient (Wildman–Crippen LogP) is 8.11. The number of Topliss-reactive ketones (excluding diaryl/α,β-unsaturated/α-hetero) is 1. The molecule has 2 aromatic carbocycles. The van der Waals surface area contributed by atoms with E-state index in [-0.39, 0.29) is 53.9 Å². The third kappa shape index (κ3) is 8.69. The van der Waals surface area contributed by atoms with Crippen LogP contribution in [0.5, 0.6) is 0 Å². The number of nitrogens with zero attached hydrogens (tertiary/aromatic N) is 9. The van der Waals surface area contributed by atoms with Gasteiger partial charge in [-0.3, -0.25) is 19.9 Å². The Hall–Kier alpha value is -7.18. The van der Waals surface area contributed by atoms with E-state index in [9.17, 15) is 21.6 Å². The molecule has 0 aliphatic carbocycles. The minimum Gasteiger partial charge on any atom is -0.383 e. The molecule has 0 bridgehead atoms. The van der Waals surface area contributed by atoms with Crippen LogP contribution in [0.2, 0.25) is 0 Å². The van der Waals surface area contributed by atoms with E-state index in [1.54, 1.807) is 23.1 Å². The van der Waals surface area contributed by atoms with Gasteiger partial charge in [-0.1, -0.05) is 80.2 Å². The van der Waals surface area contributed by atoms with Crippen LogP contribution in [0, 0.1) is 6.92 Å². The SMILES string of the molecule is C.CC(=O)c1c(C2CCS(=O)(=O)CC2)nc2c(-c3ccc(-c4ccccc4)nc3)cnn2c1N.Cc1[nH]nc2c1c(C1CCS(=O)(=O)CC1)nc1c(-c3ccc(-c4ccccc4)nc3)cnn12. The number of nitrogens with two attached hydrogens (primary N) is 1. The molecule has 9 aromatic rings. The Morgan fingerprint density at radius 3 is 1.55 bits per heavy atom. The molecular weight excluding hydrogens is 887 g/mol. The quantitative estimate of drug-likeness (QED) is 0.144. The molecule has 16 nitrogen and oxygen atoms in total. The number of rotatable bonds is 7. The van der Waals surface area contributed by atoms with Gasteiger partial charge in [0.25, 0.3) is 0 Å². The number of fused-ring (bicyclic) bond motifs is 4. The zero-order valence-electron chi connectivity index (χ0n) is 36.2. The van der Waals surface area contributed by atoms with E-state index in [0.29, 0.717) is 53.9 Å². The fourth-order valence-electron chi connectivity index (χ4n) is 9.04. The number of anilines is 1. The molecule has 3 N–H and O–H groups in total. The van der Waals surface area contributed by atoms with Gasteiger partial charge in [0.05, 0.1) is 69.1 Å². The number of carbonyl (C=O) groups is 1. The van der Waals surface area contributed by atoms with Crippen LogP contribution in [0.3, 0.4) is 0 Å². The Morgan fingerprint density at radius 2 is 1.07 bits per heavy atom. The predicted molar refractivity (Wildman–Crippen MR) is 260 cm³/mol. The molecule has 0 amide bonds. The number of H-pyrrole nitrogens is 1. The van der Waals surface area contributed by atoms with Gasteiger partial charge in [-0.25, -0.2) is 26.8 Å². The van der Waals surface area contributed by atoms with Gasteiger partial charge in [0, 0.05) is 63.3 Å². The van der Waals surface area contributed by atoms with Crippen molar-refractivity contribution in [3.05, 3.63) is 132 Å². The monoisotopic (exact) mass is 935 g/mol. The molecule has 0 saturated carbocycles. The summed E-state index contributed by atoms with van der Waals surface area (Å²) in [5, 5.41) is 17.4. The van der Waals surface area contributed by atoms with E-state index < -0.39 is 19.7 Å². The van der Waals surface area contributed by atoms with Crippen molar-refractivity contribution in [1.29, 1.82) is 0 Å². The number of hydrogen-bond donors (Lipinski definition) is 2. The molecule has 2 saturated heterocycles. The molecule has 2 aliphatic rings. The highest BCUT2D eigenvalue weighted by molar-refractivity contribution is 7.91. The summed E-state index contributed by atoms with van der Waals surface area (Å²) < 4.78 is 51.0. The maximum atomic E-state index is 12.5. The summed E-state index contributed by atoms with van der Waals surface area (Å²) in [6, 6.07) is 27.9. The summed E-state index contributed by atoms with van der Waals surface area (Å²) in [7, 11) is -6.01. The molecular formula is C49H49N11O5S2. The number of ketones is 1. The molecule has 0 spiro atoms. The Labute approximate surface area is 387 Å². The molecule has 2 aliphatic heterocycles. The zero-order valence-corrected chi connectivity index (χ0v) is 37.8. The van der Waals surface area contributed by atoms with Gasteiger partial charge in [-0.15, -0.1) is 0 Å². The third-order valence-electron chi connectivity index (χ3n) is 12.6. The van der Waals surface area contributed by atoms with Crippen LogP contribution < -0.4 is 5.73 Å². The van der Waals surface area contributed by atoms with Gasteiger partial charge in [0.1, 0.15) is 25.5 Å². The maximum absolute atomic E-state index is 12.5. The number of aromatic amines is 1. The van der Waals surface area contributed by atoms with E-state index in [2.05, 4.69) is 30.4 Å². The van der Waals surface area contributed by atoms with Gasteiger partial charge in [0.2, 0.25) is 0 Å². The topological polar surface area (TPSA) is 226 Å². The minimum atomic E-state index is -3.05. The average molecular weight is 936 g/mol. The van der Waals surface area contributed by atoms with Gasteiger partial charge in [-0.2, -0.15) is 24.3 Å². The molecule has 342 valence electrons. The molecule has 7 aromatic heterocycles. The van der Waals surface area contributed by atoms with Crippen LogP contribution in [-0.4, -0.2) is 95.0 Å². The number of aromatic nitrogens is 10. The highest BCUT2D eigenvalue weighted by Crippen LogP contribution is 2.37. The second kappa shape index (κ2) is 17.9. The first-order valence-electron chi connectivity index (χ1n) is 21.7. The van der Waals surface area contributed by atoms with Crippen LogP contribution in [-0.2, 0) is 19.7 Å². The Kier molecular flexibility index (Phi) is 12.0. The van der Waals surface area contributed by atoms with Gasteiger partial charge >= 0.3 is 0 Å². The normalized spacial score (nSPS) is 16.1. The molecule has 0 atom stereocenters. The number of hydrogen-bond acceptors (Lipinski definition) is 13. The highest BCUT2D eigenvalue weighted by atomic mass is 32.2. The molecule has 2 fully saturated rings. The fourth-order valence-corrected chi connectivity index (χ4v) is 12.0. The Morgan fingerprint density at radius 1 is 0.612 bits per heavy atom. The number of pyridine rings is 2. The molecule has 67 heavy (non-hydrogen) atoms. The first-order valence-corrected chi connectivity index (χ1v) is 25.3. The lowest BCUT2D eigenvalue weighted by Crippen LogP contribution is -2.25. The van der Waals surface area contributed by atoms with Crippen molar-refractivity contribution < 1.29 is 21.6 Å². The first kappa shape index (κ1) is 45.0. The summed E-state index contributed by atoms with van der Waals surface area (Å²) >= 11 is 0. The molecule has 11 rings (SSSR count). The highest BCUT2D eigenvalue weighted by Gasteiger charge is 2.32. The smallest absolute Gasteiger partial charge is 0.186 e. The number of nitrogen functional groups attached to an aromatic ring is 1. The average Bonchev–Trinajstić information content (AvgIpc) is 4.07. The van der Waals surface area contributed by atoms with E-state index in [0.717, 1.165) is 61.5 Å². The van der Waals surface area contributed by atoms with Crippen molar-refractivity contribution in [2.24, 2.45) is 0 Å². The van der Waals surface area contributed by atoms with Gasteiger partial charge in [-0.05, 0) is 51.7 Å². The standard InChI is InChI=1S/C24H22N6O2S.C24H23N5O3S.CH4/c1-15-21-22(17-9-11-33(31,32)12-10-17)27-23-19(14-26-30(23)24(21)29-28-15)18-7-8-20(25-13-18)16-5-3-2-4-6-16;1-15(30)21-22(17-9-11-33(31,32)12-10-17)28-24-19(14-27-29(24)23(21)25)18-7-8-20(26-13-18)16-5-3-2-4-6-16;/h2-8,13-14,17H,9-12H2,1H3,(H,28,29);2-8,13-14,17H,9-12,25H2,1H3;1H4. The van der Waals surface area contributed by atoms with Crippen molar-refractivity contribution in [2.45, 2.75) is 58.8 Å². The molecule has 9 heterocycles. The number of aryl methyl sites for hydroxylation is 1. The van der Waals surface area contributed by atoms with E-state index >= 15 is 0 Å². The molecule has 0 unspecified atom stereocenters. The number of benzene rings is 2. The molecule has 0 radical (unpaired) electrons. The second-order valence-electron chi connectivity index (χ2n) is 16.9. The lowest BCUT2D eigenvalue weighted by atomic mass is 9.93. The van der Waals surface area contributed by atoms with Crippen molar-refractivity contribution >= 4 is 53.6 Å². The fraction of sp³-hybridized carbons (Fsp3) is 0.265. The molecule has 18 heteroatoms. The Bertz CT molecular complexity index is 3490. The van der Waals surface area contributed by atoms with E-state index in [1.165, 1.54) is 11.4 Å². The maximum Gasteiger partial charge on any atom is 0.186 e. The van der Waals surface area contributed by atoms with Crippen LogP contribution in [0.4, 0.5) is 5.82 Å². The zero-order chi connectivity index (χ0) is 45.7. The second-order valence-corrected chi connectivity index (χ2v) is 21.5. The summed E-state index contributed by atoms with van der Waals surface area (Å²) in [6.45, 7) is 3.40. The van der Waals surface area contributed by atoms with Crippen LogP contribution >= 0.6 is 0 Å². The third-order valence-corrected chi connectivity index (χ3v) is 16.0. The van der Waals surface area contributed by atoms with Crippen molar-refractivity contribution in [2.75, 3.05) is 28.7 Å². The van der Waals surface area contributed by atoms with Gasteiger partial charge < -0.3 is 5.73 Å². The summed E-state index contributed by atoms with van der Waals surface area (Å²) in [4.78, 5) is 31.6. The number of nitrogens with one attached hydrogen (secondary N) is 1. The summed E-state index contributed by atoms with van der Waals surface area (Å²) in [5.74, 6) is 0.476. The lowest BCUT2D eigenvalue weighted by Gasteiger charge is -2.24. The Balaban J connectivity index is 0.000000165. The van der Waals surface area contributed by atoms with E-state index in [1.807, 2.05) is 98.0 Å². The van der Waals surface area contributed by atoms with Crippen molar-refractivity contribution in [1.82, 2.24) is 49.4 Å². The minimum absolute atomic E-state index is 0. The van der Waals surface area contributed by atoms with Gasteiger partial charge in [0.15, 0.2) is 22.7 Å². The van der Waals surface area contributed by atoms with Crippen molar-refractivity contribution in [3.63, 3.8) is 0 Å². The van der Waals surface area contributed by atoms with Crippen molar-refractivity contribution in [3.8, 4) is 44.8 Å². The van der Waals surface area contributed by atoms with Crippen LogP contribution in [0.25, 0.3) is 67.1 Å². The van der Waals surface area contributed by atoms with E-state index in [4.69, 9.17) is 15.7 Å². The summed E-state index contributed by atoms with van der Waals surface area (Å²) in [5.41, 5.74) is 18.2. The van der Waals surface area contributed by atoms with Crippen LogP contribution in [0.15, 0.2) is 110 Å². The number of carbonyl (C=O) groups excluding carboxylic acids is 1. The van der Waals surface area contributed by atoms with Crippen LogP contribution in [0.1, 0.15) is 79.3 Å².